The van der Waals surface area contributed by atoms with Crippen molar-refractivity contribution in [3.8, 4) is 5.75 Å². The monoisotopic (exact) mass is 577 g/mol. The second-order valence-electron chi connectivity index (χ2n) is 8.36. The summed E-state index contributed by atoms with van der Waals surface area (Å²) in [6.45, 7) is 3.25. The van der Waals surface area contributed by atoms with E-state index in [1.807, 2.05) is 0 Å². The molecule has 1 N–H and O–H groups in total. The second kappa shape index (κ2) is 13.0. The molecule has 0 spiro atoms. The van der Waals surface area contributed by atoms with Crippen molar-refractivity contribution in [2.45, 2.75) is 31.3 Å². The van der Waals surface area contributed by atoms with Crippen LogP contribution in [0.4, 0.5) is 5.69 Å². The van der Waals surface area contributed by atoms with E-state index in [0.717, 1.165) is 9.87 Å². The number of hydrogen-bond acceptors (Lipinski definition) is 5. The lowest BCUT2D eigenvalue weighted by atomic mass is 10.1. The minimum atomic E-state index is -4.19. The fourth-order valence-electron chi connectivity index (χ4n) is 3.75. The first-order valence-corrected chi connectivity index (χ1v) is 14.0. The fourth-order valence-corrected chi connectivity index (χ4v) is 5.55. The van der Waals surface area contributed by atoms with Gasteiger partial charge < -0.3 is 15.0 Å². The van der Waals surface area contributed by atoms with E-state index in [9.17, 15) is 18.0 Å². The van der Waals surface area contributed by atoms with Gasteiger partial charge in [-0.15, -0.1) is 0 Å². The zero-order valence-electron chi connectivity index (χ0n) is 21.2. The number of nitrogens with one attached hydrogen (secondary N) is 1. The average molecular weight is 579 g/mol. The smallest absolute Gasteiger partial charge is 0.264 e. The lowest BCUT2D eigenvalue weighted by Crippen LogP contribution is -2.51. The normalized spacial score (nSPS) is 11.9. The molecule has 0 fully saturated rings. The largest absolute Gasteiger partial charge is 0.495 e. The molecule has 0 saturated carbocycles. The number of anilines is 1. The predicted octanol–water partition coefficient (Wildman–Crippen LogP) is 4.75. The van der Waals surface area contributed by atoms with Crippen molar-refractivity contribution in [3.63, 3.8) is 0 Å². The lowest BCUT2D eigenvalue weighted by Gasteiger charge is -2.32. The van der Waals surface area contributed by atoms with Crippen molar-refractivity contribution < 1.29 is 22.7 Å². The minimum Gasteiger partial charge on any atom is -0.495 e. The van der Waals surface area contributed by atoms with E-state index in [2.05, 4.69) is 5.32 Å². The van der Waals surface area contributed by atoms with E-state index in [-0.39, 0.29) is 28.1 Å². The van der Waals surface area contributed by atoms with Crippen molar-refractivity contribution in [1.29, 1.82) is 0 Å². The Kier molecular flexibility index (Phi) is 10.0. The van der Waals surface area contributed by atoms with Crippen molar-refractivity contribution in [2.24, 2.45) is 0 Å². The van der Waals surface area contributed by atoms with Crippen LogP contribution in [0.15, 0.2) is 77.7 Å². The zero-order chi connectivity index (χ0) is 27.9. The summed E-state index contributed by atoms with van der Waals surface area (Å²) in [5.74, 6) is -0.585. The summed E-state index contributed by atoms with van der Waals surface area (Å²) in [7, 11) is -2.74. The van der Waals surface area contributed by atoms with E-state index < -0.39 is 28.5 Å². The van der Waals surface area contributed by atoms with Gasteiger partial charge >= 0.3 is 0 Å². The fraction of sp³-hybridized carbons (Fsp3) is 0.259. The van der Waals surface area contributed by atoms with Crippen LogP contribution < -0.4 is 14.4 Å². The molecule has 3 aromatic carbocycles. The zero-order valence-corrected chi connectivity index (χ0v) is 23.6. The van der Waals surface area contributed by atoms with Crippen LogP contribution in [0, 0.1) is 0 Å². The number of sulfonamides is 1. The molecular formula is C27H29Cl2N3O5S. The third kappa shape index (κ3) is 6.98. The van der Waals surface area contributed by atoms with Gasteiger partial charge in [0.05, 0.1) is 22.7 Å². The molecular weight excluding hydrogens is 549 g/mol. The number of carbonyl (C=O) groups excluding carboxylic acids is 2. The minimum absolute atomic E-state index is 0.000710. The third-order valence-electron chi connectivity index (χ3n) is 5.82. The molecule has 38 heavy (non-hydrogen) atoms. The Balaban J connectivity index is 2.04. The Morgan fingerprint density at radius 3 is 2.24 bits per heavy atom. The molecule has 0 aliphatic carbocycles. The van der Waals surface area contributed by atoms with Crippen molar-refractivity contribution in [3.05, 3.63) is 88.4 Å². The highest BCUT2D eigenvalue weighted by Gasteiger charge is 2.32. The molecule has 0 saturated heterocycles. The van der Waals surface area contributed by atoms with Gasteiger partial charge in [-0.05, 0) is 61.9 Å². The highest BCUT2D eigenvalue weighted by atomic mass is 35.5. The number of nitrogens with zero attached hydrogens (tertiary/aromatic N) is 2. The summed E-state index contributed by atoms with van der Waals surface area (Å²) in [4.78, 5) is 27.9. The first-order valence-electron chi connectivity index (χ1n) is 11.8. The molecule has 202 valence electrons. The molecule has 8 nitrogen and oxygen atoms in total. The van der Waals surface area contributed by atoms with Gasteiger partial charge in [-0.1, -0.05) is 53.5 Å². The molecule has 1 atom stereocenters. The number of ether oxygens (including phenoxy) is 1. The number of amides is 2. The Bertz CT molecular complexity index is 1370. The van der Waals surface area contributed by atoms with Crippen LogP contribution in [-0.4, -0.2) is 51.4 Å². The first kappa shape index (κ1) is 29.3. The first-order chi connectivity index (χ1) is 18.1. The van der Waals surface area contributed by atoms with Crippen molar-refractivity contribution in [2.75, 3.05) is 24.5 Å². The van der Waals surface area contributed by atoms with Crippen LogP contribution in [0.25, 0.3) is 0 Å². The van der Waals surface area contributed by atoms with Crippen LogP contribution in [0.3, 0.4) is 0 Å². The van der Waals surface area contributed by atoms with Gasteiger partial charge in [-0.3, -0.25) is 13.9 Å². The molecule has 0 radical (unpaired) electrons. The highest BCUT2D eigenvalue weighted by Crippen LogP contribution is 2.32. The van der Waals surface area contributed by atoms with Crippen molar-refractivity contribution >= 4 is 50.7 Å². The maximum absolute atomic E-state index is 13.8. The van der Waals surface area contributed by atoms with E-state index in [1.165, 1.54) is 42.3 Å². The van der Waals surface area contributed by atoms with E-state index in [1.54, 1.807) is 56.3 Å². The maximum Gasteiger partial charge on any atom is 0.264 e. The van der Waals surface area contributed by atoms with E-state index in [0.29, 0.717) is 17.3 Å². The SMILES string of the molecule is CCNC(=O)[C@@H](C)N(Cc1ccc(Cl)cc1)C(=O)CN(c1ccc(OC)c(Cl)c1)S(=O)(=O)c1ccccc1. The molecule has 0 aromatic heterocycles. The Morgan fingerprint density at radius 1 is 1.00 bits per heavy atom. The molecule has 2 amide bonds. The van der Waals surface area contributed by atoms with Crippen molar-refractivity contribution in [1.82, 2.24) is 10.2 Å². The number of rotatable bonds is 11. The summed E-state index contributed by atoms with van der Waals surface area (Å²) < 4.78 is 33.7. The van der Waals surface area contributed by atoms with Gasteiger partial charge in [-0.2, -0.15) is 0 Å². The maximum atomic E-state index is 13.8. The quantitative estimate of drug-likeness (QED) is 0.354. The Morgan fingerprint density at radius 2 is 1.66 bits per heavy atom. The van der Waals surface area contributed by atoms with Gasteiger partial charge in [0.25, 0.3) is 10.0 Å². The molecule has 0 heterocycles. The number of likely N-dealkylation sites (N-methyl/N-ethyl adjacent to an activating group) is 1. The Labute approximate surface area is 233 Å². The second-order valence-corrected chi connectivity index (χ2v) is 11.1. The van der Waals surface area contributed by atoms with Crippen LogP contribution in [0.1, 0.15) is 19.4 Å². The van der Waals surface area contributed by atoms with E-state index >= 15 is 0 Å². The summed E-state index contributed by atoms with van der Waals surface area (Å²) in [5.41, 5.74) is 0.897. The van der Waals surface area contributed by atoms with Crippen LogP contribution in [-0.2, 0) is 26.2 Å². The third-order valence-corrected chi connectivity index (χ3v) is 8.15. The number of carbonyl (C=O) groups is 2. The van der Waals surface area contributed by atoms with Gasteiger partial charge in [0.1, 0.15) is 18.3 Å². The van der Waals surface area contributed by atoms with Crippen LogP contribution in [0.2, 0.25) is 10.0 Å². The molecule has 0 aliphatic heterocycles. The van der Waals surface area contributed by atoms with Gasteiger partial charge in [0, 0.05) is 18.1 Å². The number of halogens is 2. The highest BCUT2D eigenvalue weighted by molar-refractivity contribution is 7.92. The lowest BCUT2D eigenvalue weighted by molar-refractivity contribution is -0.139. The molecule has 0 bridgehead atoms. The molecule has 0 unspecified atom stereocenters. The van der Waals surface area contributed by atoms with E-state index in [4.69, 9.17) is 27.9 Å². The van der Waals surface area contributed by atoms with Crippen LogP contribution >= 0.6 is 23.2 Å². The van der Waals surface area contributed by atoms with Gasteiger partial charge in [0.15, 0.2) is 0 Å². The van der Waals surface area contributed by atoms with Gasteiger partial charge in [-0.25, -0.2) is 8.42 Å². The molecule has 3 rings (SSSR count). The molecule has 0 aliphatic rings. The standard InChI is InChI=1S/C27H29Cl2N3O5S/c1-4-30-27(34)19(2)31(17-20-10-12-21(28)13-11-20)26(33)18-32(22-14-15-25(37-3)24(29)16-22)38(35,36)23-8-6-5-7-9-23/h5-16,19H,4,17-18H2,1-3H3,(H,30,34)/t19-/m1/s1. The summed E-state index contributed by atoms with van der Waals surface area (Å²) >= 11 is 12.3. The number of benzene rings is 3. The Hall–Kier alpha value is -3.27. The molecule has 11 heteroatoms. The summed E-state index contributed by atoms with van der Waals surface area (Å²) in [6, 6.07) is 18.2. The van der Waals surface area contributed by atoms with Crippen LogP contribution in [0.5, 0.6) is 5.75 Å². The van der Waals surface area contributed by atoms with Gasteiger partial charge in [0.2, 0.25) is 11.8 Å². The predicted molar refractivity (Wildman–Crippen MR) is 149 cm³/mol. The summed E-state index contributed by atoms with van der Waals surface area (Å²) in [5, 5.41) is 3.43. The average Bonchev–Trinajstić information content (AvgIpc) is 2.91. The molecule has 3 aromatic rings. The number of methoxy groups -OCH3 is 1. The topological polar surface area (TPSA) is 96.0 Å². The number of hydrogen-bond donors (Lipinski definition) is 1. The summed E-state index contributed by atoms with van der Waals surface area (Å²) in [6.07, 6.45) is 0.